The van der Waals surface area contributed by atoms with Crippen LogP contribution in [-0.4, -0.2) is 41.9 Å². The van der Waals surface area contributed by atoms with Crippen LogP contribution in [0.4, 0.5) is 0 Å². The first kappa shape index (κ1) is 16.0. The third kappa shape index (κ3) is 4.49. The van der Waals surface area contributed by atoms with Crippen LogP contribution in [0.5, 0.6) is 0 Å². The number of nitrogens with one attached hydrogen (secondary N) is 1. The lowest BCUT2D eigenvalue weighted by Crippen LogP contribution is -2.50. The molecule has 0 heterocycles. The number of amides is 2. The number of carbonyl (C=O) groups is 2. The molecule has 0 aromatic carbocycles. The van der Waals surface area contributed by atoms with Crippen molar-refractivity contribution in [3.63, 3.8) is 0 Å². The van der Waals surface area contributed by atoms with Gasteiger partial charge in [0.25, 0.3) is 0 Å². The Bertz CT molecular complexity index is 323. The van der Waals surface area contributed by atoms with Crippen molar-refractivity contribution in [1.29, 1.82) is 0 Å². The lowest BCUT2D eigenvalue weighted by molar-refractivity contribution is -0.130. The molecule has 0 bridgehead atoms. The second kappa shape index (κ2) is 6.89. The Balaban J connectivity index is 2.38. The Labute approximate surface area is 115 Å². The predicted molar refractivity (Wildman–Crippen MR) is 75.4 cm³/mol. The minimum atomic E-state index is -0.433. The lowest BCUT2D eigenvalue weighted by Gasteiger charge is -2.35. The molecule has 0 radical (unpaired) electrons. The highest BCUT2D eigenvalue weighted by Crippen LogP contribution is 2.22. The van der Waals surface area contributed by atoms with Crippen LogP contribution in [0.3, 0.4) is 0 Å². The molecule has 0 aromatic rings. The maximum Gasteiger partial charge on any atom is 0.237 e. The molecule has 1 rings (SSSR count). The third-order valence-corrected chi connectivity index (χ3v) is 4.11. The molecule has 1 saturated carbocycles. The van der Waals surface area contributed by atoms with E-state index in [1.54, 1.807) is 11.8 Å². The molecule has 5 heteroatoms. The van der Waals surface area contributed by atoms with Gasteiger partial charge in [-0.25, -0.2) is 0 Å². The number of nitrogens with two attached hydrogens (primary N) is 1. The van der Waals surface area contributed by atoms with E-state index in [1.165, 1.54) is 0 Å². The summed E-state index contributed by atoms with van der Waals surface area (Å²) in [5.74, 6) is 0.202. The summed E-state index contributed by atoms with van der Waals surface area (Å²) in [4.78, 5) is 25.0. The van der Waals surface area contributed by atoms with Gasteiger partial charge in [-0.2, -0.15) is 0 Å². The first-order valence-electron chi connectivity index (χ1n) is 7.12. The van der Waals surface area contributed by atoms with Gasteiger partial charge >= 0.3 is 0 Å². The van der Waals surface area contributed by atoms with E-state index in [0.717, 1.165) is 25.7 Å². The molecule has 0 aromatic heterocycles. The molecule has 1 fully saturated rings. The van der Waals surface area contributed by atoms with Crippen molar-refractivity contribution in [2.75, 3.05) is 7.05 Å². The maximum atomic E-state index is 11.9. The second-order valence-corrected chi connectivity index (χ2v) is 5.91. The SMILES string of the molecule is CC(=O)N(C)C1CCC(NC(=O)C(N)C(C)C)CC1. The molecule has 1 atom stereocenters. The fourth-order valence-electron chi connectivity index (χ4n) is 2.46. The zero-order valence-electron chi connectivity index (χ0n) is 12.5. The van der Waals surface area contributed by atoms with Crippen molar-refractivity contribution in [3.8, 4) is 0 Å². The van der Waals surface area contributed by atoms with Crippen molar-refractivity contribution in [2.45, 2.75) is 64.6 Å². The van der Waals surface area contributed by atoms with E-state index < -0.39 is 6.04 Å². The summed E-state index contributed by atoms with van der Waals surface area (Å²) >= 11 is 0. The topological polar surface area (TPSA) is 75.4 Å². The molecule has 1 aliphatic carbocycles. The molecule has 2 amide bonds. The van der Waals surface area contributed by atoms with Crippen molar-refractivity contribution < 1.29 is 9.59 Å². The summed E-state index contributed by atoms with van der Waals surface area (Å²) in [6, 6.07) is 0.0796. The third-order valence-electron chi connectivity index (χ3n) is 4.11. The average molecular weight is 269 g/mol. The normalized spacial score (nSPS) is 24.9. The van der Waals surface area contributed by atoms with E-state index >= 15 is 0 Å². The van der Waals surface area contributed by atoms with Crippen LogP contribution >= 0.6 is 0 Å². The lowest BCUT2D eigenvalue weighted by atomic mass is 9.90. The zero-order chi connectivity index (χ0) is 14.6. The predicted octanol–water partition coefficient (Wildman–Crippen LogP) is 0.875. The van der Waals surface area contributed by atoms with Crippen LogP contribution in [0.2, 0.25) is 0 Å². The van der Waals surface area contributed by atoms with Gasteiger partial charge in [-0.1, -0.05) is 13.8 Å². The van der Waals surface area contributed by atoms with Gasteiger partial charge in [0, 0.05) is 26.1 Å². The Kier molecular flexibility index (Phi) is 5.79. The highest BCUT2D eigenvalue weighted by Gasteiger charge is 2.27. The fourth-order valence-corrected chi connectivity index (χ4v) is 2.46. The number of hydrogen-bond acceptors (Lipinski definition) is 3. The molecule has 19 heavy (non-hydrogen) atoms. The van der Waals surface area contributed by atoms with Crippen molar-refractivity contribution in [1.82, 2.24) is 10.2 Å². The Morgan fingerprint density at radius 3 is 2.16 bits per heavy atom. The quantitative estimate of drug-likeness (QED) is 0.795. The largest absolute Gasteiger partial charge is 0.352 e. The van der Waals surface area contributed by atoms with Gasteiger partial charge in [0.2, 0.25) is 11.8 Å². The molecular weight excluding hydrogens is 242 g/mol. The first-order chi connectivity index (χ1) is 8.82. The van der Waals surface area contributed by atoms with Gasteiger partial charge in [-0.3, -0.25) is 9.59 Å². The summed E-state index contributed by atoms with van der Waals surface area (Å²) in [5.41, 5.74) is 5.83. The van der Waals surface area contributed by atoms with Crippen LogP contribution in [0, 0.1) is 5.92 Å². The summed E-state index contributed by atoms with van der Waals surface area (Å²) < 4.78 is 0. The highest BCUT2D eigenvalue weighted by atomic mass is 16.2. The Morgan fingerprint density at radius 2 is 1.74 bits per heavy atom. The first-order valence-corrected chi connectivity index (χ1v) is 7.12. The monoisotopic (exact) mass is 269 g/mol. The minimum Gasteiger partial charge on any atom is -0.352 e. The van der Waals surface area contributed by atoms with E-state index in [4.69, 9.17) is 5.73 Å². The van der Waals surface area contributed by atoms with Crippen molar-refractivity contribution in [2.24, 2.45) is 11.7 Å². The summed E-state index contributed by atoms with van der Waals surface area (Å²) in [6.07, 6.45) is 3.72. The summed E-state index contributed by atoms with van der Waals surface area (Å²) in [6.45, 7) is 5.49. The van der Waals surface area contributed by atoms with Crippen LogP contribution in [0.25, 0.3) is 0 Å². The molecule has 0 saturated heterocycles. The van der Waals surface area contributed by atoms with E-state index in [-0.39, 0.29) is 23.8 Å². The number of carbonyl (C=O) groups excluding carboxylic acids is 2. The van der Waals surface area contributed by atoms with Gasteiger partial charge in [0.1, 0.15) is 0 Å². The molecule has 1 aliphatic rings. The second-order valence-electron chi connectivity index (χ2n) is 5.91. The molecule has 0 aliphatic heterocycles. The van der Waals surface area contributed by atoms with Gasteiger partial charge < -0.3 is 16.0 Å². The van der Waals surface area contributed by atoms with E-state index in [0.29, 0.717) is 6.04 Å². The van der Waals surface area contributed by atoms with Gasteiger partial charge in [0.15, 0.2) is 0 Å². The van der Waals surface area contributed by atoms with Gasteiger partial charge in [0.05, 0.1) is 6.04 Å². The Morgan fingerprint density at radius 1 is 1.21 bits per heavy atom. The van der Waals surface area contributed by atoms with Crippen LogP contribution in [0.15, 0.2) is 0 Å². The van der Waals surface area contributed by atoms with Crippen molar-refractivity contribution in [3.05, 3.63) is 0 Å². The molecular formula is C14H27N3O2. The van der Waals surface area contributed by atoms with Crippen molar-refractivity contribution >= 4 is 11.8 Å². The average Bonchev–Trinajstić information content (AvgIpc) is 2.37. The van der Waals surface area contributed by atoms with E-state index in [9.17, 15) is 9.59 Å². The van der Waals surface area contributed by atoms with E-state index in [1.807, 2.05) is 20.9 Å². The number of nitrogens with zero attached hydrogens (tertiary/aromatic N) is 1. The molecule has 110 valence electrons. The molecule has 5 nitrogen and oxygen atoms in total. The maximum absolute atomic E-state index is 11.9. The van der Waals surface area contributed by atoms with Gasteiger partial charge in [-0.05, 0) is 31.6 Å². The van der Waals surface area contributed by atoms with E-state index in [2.05, 4.69) is 5.32 Å². The smallest absolute Gasteiger partial charge is 0.237 e. The number of hydrogen-bond donors (Lipinski definition) is 2. The minimum absolute atomic E-state index is 0.0571. The van der Waals surface area contributed by atoms with Gasteiger partial charge in [-0.15, -0.1) is 0 Å². The summed E-state index contributed by atoms with van der Waals surface area (Å²) in [7, 11) is 1.85. The molecule has 3 N–H and O–H groups in total. The summed E-state index contributed by atoms with van der Waals surface area (Å²) in [5, 5.41) is 3.02. The standard InChI is InChI=1S/C14H27N3O2/c1-9(2)13(15)14(19)16-11-5-7-12(8-6-11)17(4)10(3)18/h9,11-13H,5-8,15H2,1-4H3,(H,16,19). The van der Waals surface area contributed by atoms with Crippen LogP contribution < -0.4 is 11.1 Å². The fraction of sp³-hybridized carbons (Fsp3) is 0.857. The zero-order valence-corrected chi connectivity index (χ0v) is 12.5. The Hall–Kier alpha value is -1.10. The number of rotatable bonds is 4. The van der Waals surface area contributed by atoms with Crippen LogP contribution in [0.1, 0.15) is 46.5 Å². The van der Waals surface area contributed by atoms with Crippen LogP contribution in [-0.2, 0) is 9.59 Å². The molecule has 1 unspecified atom stereocenters. The molecule has 0 spiro atoms. The highest BCUT2D eigenvalue weighted by molar-refractivity contribution is 5.82.